The molecule has 0 N–H and O–H groups in total. The first kappa shape index (κ1) is 34.8. The van der Waals surface area contributed by atoms with Crippen LogP contribution in [0.2, 0.25) is 0 Å². The van der Waals surface area contributed by atoms with Gasteiger partial charge in [0.2, 0.25) is 0 Å². The molecule has 0 heterocycles. The fourth-order valence-electron chi connectivity index (χ4n) is 11.8. The highest BCUT2D eigenvalue weighted by atomic mass is 15.1. The van der Waals surface area contributed by atoms with E-state index < -0.39 is 0 Å². The number of rotatable bonds is 7. The fraction of sp³-hybridized carbons (Fsp3) is 0.286. The Labute approximate surface area is 339 Å². The van der Waals surface area contributed by atoms with Gasteiger partial charge in [0.25, 0.3) is 0 Å². The minimum Gasteiger partial charge on any atom is -0.310 e. The van der Waals surface area contributed by atoms with Crippen LogP contribution in [0.3, 0.4) is 0 Å². The number of benzene rings is 7. The topological polar surface area (TPSA) is 3.24 Å². The van der Waals surface area contributed by atoms with Crippen molar-refractivity contribution in [1.29, 1.82) is 0 Å². The average molecular weight is 740 g/mol. The van der Waals surface area contributed by atoms with E-state index >= 15 is 0 Å². The quantitative estimate of drug-likeness (QED) is 0.157. The third kappa shape index (κ3) is 5.96. The SMILES string of the molecule is CC1(C)c2ccccc2-c2c(-c3ccccc3-c3ccccc3)cc(N(c3ccc(C4CC5CCC4C5)cc3)c3ccc4ccc(C5CCCCC5)cc4c3)cc21. The fourth-order valence-corrected chi connectivity index (χ4v) is 11.8. The Morgan fingerprint density at radius 1 is 0.474 bits per heavy atom. The molecule has 11 rings (SSSR count). The zero-order chi connectivity index (χ0) is 38.1. The summed E-state index contributed by atoms with van der Waals surface area (Å²) in [5, 5.41) is 2.65. The summed E-state index contributed by atoms with van der Waals surface area (Å²) in [6.07, 6.45) is 12.3. The summed E-state index contributed by atoms with van der Waals surface area (Å²) in [6, 6.07) is 58.4. The molecule has 7 aromatic carbocycles. The first-order chi connectivity index (χ1) is 28.0. The van der Waals surface area contributed by atoms with E-state index in [2.05, 4.69) is 170 Å². The molecule has 0 amide bonds. The van der Waals surface area contributed by atoms with Gasteiger partial charge in [0.05, 0.1) is 0 Å². The lowest BCUT2D eigenvalue weighted by Crippen LogP contribution is -2.17. The van der Waals surface area contributed by atoms with Crippen molar-refractivity contribution < 1.29 is 0 Å². The third-order valence-corrected chi connectivity index (χ3v) is 14.7. The summed E-state index contributed by atoms with van der Waals surface area (Å²) in [6.45, 7) is 4.84. The van der Waals surface area contributed by atoms with Crippen molar-refractivity contribution in [3.63, 3.8) is 0 Å². The maximum Gasteiger partial charge on any atom is 0.0471 e. The lowest BCUT2D eigenvalue weighted by atomic mass is 9.81. The zero-order valence-electron chi connectivity index (χ0n) is 33.6. The van der Waals surface area contributed by atoms with Gasteiger partial charge < -0.3 is 4.90 Å². The molecule has 57 heavy (non-hydrogen) atoms. The standard InChI is InChI=1S/C56H53N/c1-56(2)53-20-12-11-19-50(53)55-52(49-18-10-9-17-48(49)40-15-7-4-8-16-40)35-47(36-54(55)56)57(45-28-26-41(27-29-45)51-32-37-21-22-43(51)31-37)46-30-25-39-23-24-42(33-44(39)34-46)38-13-5-3-6-14-38/h4,7-12,15-20,23-30,33-38,43,51H,3,5-6,13-14,21-22,31-32H2,1-2H3. The molecule has 4 aliphatic rings. The van der Waals surface area contributed by atoms with E-state index in [1.54, 1.807) is 0 Å². The van der Waals surface area contributed by atoms with Crippen molar-refractivity contribution in [2.45, 2.75) is 88.9 Å². The first-order valence-corrected chi connectivity index (χ1v) is 21.9. The van der Waals surface area contributed by atoms with Gasteiger partial charge in [-0.2, -0.15) is 0 Å². The molecule has 0 aromatic heterocycles. The largest absolute Gasteiger partial charge is 0.310 e. The number of hydrogen-bond donors (Lipinski definition) is 0. The minimum absolute atomic E-state index is 0.159. The van der Waals surface area contributed by atoms with Gasteiger partial charge in [-0.15, -0.1) is 0 Å². The maximum atomic E-state index is 2.56. The Bertz CT molecular complexity index is 2610. The second-order valence-corrected chi connectivity index (χ2v) is 18.3. The Balaban J connectivity index is 1.12. The van der Waals surface area contributed by atoms with Crippen molar-refractivity contribution in [1.82, 2.24) is 0 Å². The molecule has 0 radical (unpaired) electrons. The van der Waals surface area contributed by atoms with Crippen LogP contribution >= 0.6 is 0 Å². The lowest BCUT2D eigenvalue weighted by molar-refractivity contribution is 0.420. The minimum atomic E-state index is -0.159. The Kier molecular flexibility index (Phi) is 8.50. The number of nitrogens with zero attached hydrogens (tertiary/aromatic N) is 1. The van der Waals surface area contributed by atoms with Crippen LogP contribution in [0, 0.1) is 11.8 Å². The van der Waals surface area contributed by atoms with Gasteiger partial charge in [-0.1, -0.05) is 155 Å². The Morgan fingerprint density at radius 2 is 1.18 bits per heavy atom. The van der Waals surface area contributed by atoms with Gasteiger partial charge in [-0.05, 0) is 159 Å². The Hall–Kier alpha value is -5.40. The van der Waals surface area contributed by atoms with Gasteiger partial charge in [0, 0.05) is 22.5 Å². The van der Waals surface area contributed by atoms with Crippen LogP contribution in [0.1, 0.15) is 106 Å². The lowest BCUT2D eigenvalue weighted by Gasteiger charge is -2.30. The van der Waals surface area contributed by atoms with Crippen molar-refractivity contribution >= 4 is 27.8 Å². The average Bonchev–Trinajstić information content (AvgIpc) is 3.97. The van der Waals surface area contributed by atoms with Crippen LogP contribution in [0.4, 0.5) is 17.1 Å². The molecule has 4 aliphatic carbocycles. The van der Waals surface area contributed by atoms with E-state index in [0.717, 1.165) is 11.8 Å². The molecule has 2 bridgehead atoms. The van der Waals surface area contributed by atoms with E-state index in [1.807, 2.05) is 0 Å². The second kappa shape index (κ2) is 13.9. The molecule has 1 nitrogen and oxygen atoms in total. The number of fused-ring (bicyclic) bond motifs is 6. The highest BCUT2D eigenvalue weighted by Crippen LogP contribution is 2.56. The van der Waals surface area contributed by atoms with Crippen LogP contribution < -0.4 is 4.90 Å². The van der Waals surface area contributed by atoms with E-state index in [1.165, 1.54) is 141 Å². The van der Waals surface area contributed by atoms with Gasteiger partial charge in [-0.3, -0.25) is 0 Å². The monoisotopic (exact) mass is 739 g/mol. The van der Waals surface area contributed by atoms with Gasteiger partial charge >= 0.3 is 0 Å². The number of hydrogen-bond acceptors (Lipinski definition) is 1. The van der Waals surface area contributed by atoms with Crippen molar-refractivity contribution in [3.8, 4) is 33.4 Å². The van der Waals surface area contributed by atoms with Crippen LogP contribution in [0.15, 0.2) is 152 Å². The van der Waals surface area contributed by atoms with Crippen LogP contribution in [0.5, 0.6) is 0 Å². The van der Waals surface area contributed by atoms with Crippen LogP contribution in [0.25, 0.3) is 44.2 Å². The summed E-state index contributed by atoms with van der Waals surface area (Å²) in [7, 11) is 0. The van der Waals surface area contributed by atoms with E-state index in [0.29, 0.717) is 11.8 Å². The first-order valence-electron chi connectivity index (χ1n) is 21.9. The molecular formula is C56H53N. The molecule has 3 saturated carbocycles. The highest BCUT2D eigenvalue weighted by Gasteiger charge is 2.41. The number of anilines is 3. The van der Waals surface area contributed by atoms with Crippen molar-refractivity contribution in [2.24, 2.45) is 11.8 Å². The summed E-state index contributed by atoms with van der Waals surface area (Å²) in [4.78, 5) is 2.56. The molecule has 0 aliphatic heterocycles. The van der Waals surface area contributed by atoms with Crippen LogP contribution in [-0.4, -0.2) is 0 Å². The molecule has 1 heteroatoms. The molecular weight excluding hydrogens is 687 g/mol. The highest BCUT2D eigenvalue weighted by molar-refractivity contribution is 6.00. The molecule has 7 aromatic rings. The predicted molar refractivity (Wildman–Crippen MR) is 241 cm³/mol. The summed E-state index contributed by atoms with van der Waals surface area (Å²) in [5.74, 6) is 3.19. The van der Waals surface area contributed by atoms with E-state index in [9.17, 15) is 0 Å². The van der Waals surface area contributed by atoms with Gasteiger partial charge in [-0.25, -0.2) is 0 Å². The van der Waals surface area contributed by atoms with Gasteiger partial charge in [0.15, 0.2) is 0 Å². The van der Waals surface area contributed by atoms with Crippen LogP contribution in [-0.2, 0) is 5.41 Å². The second-order valence-electron chi connectivity index (χ2n) is 18.3. The Morgan fingerprint density at radius 3 is 1.95 bits per heavy atom. The summed E-state index contributed by atoms with van der Waals surface area (Å²) < 4.78 is 0. The molecule has 3 atom stereocenters. The van der Waals surface area contributed by atoms with E-state index in [-0.39, 0.29) is 5.41 Å². The smallest absolute Gasteiger partial charge is 0.0471 e. The van der Waals surface area contributed by atoms with Crippen molar-refractivity contribution in [3.05, 3.63) is 174 Å². The summed E-state index contributed by atoms with van der Waals surface area (Å²) >= 11 is 0. The van der Waals surface area contributed by atoms with Crippen molar-refractivity contribution in [2.75, 3.05) is 4.90 Å². The maximum absolute atomic E-state index is 2.56. The van der Waals surface area contributed by atoms with E-state index in [4.69, 9.17) is 0 Å². The summed E-state index contributed by atoms with van der Waals surface area (Å²) in [5.41, 5.74) is 17.1. The third-order valence-electron chi connectivity index (χ3n) is 14.7. The predicted octanol–water partition coefficient (Wildman–Crippen LogP) is 15.9. The molecule has 0 saturated heterocycles. The molecule has 3 fully saturated rings. The zero-order valence-corrected chi connectivity index (χ0v) is 33.6. The molecule has 282 valence electrons. The molecule has 3 unspecified atom stereocenters. The normalized spacial score (nSPS) is 20.8. The molecule has 0 spiro atoms. The van der Waals surface area contributed by atoms with Gasteiger partial charge in [0.1, 0.15) is 0 Å².